The predicted molar refractivity (Wildman–Crippen MR) is 239 cm³/mol. The van der Waals surface area contributed by atoms with E-state index in [0.717, 1.165) is 0 Å². The van der Waals surface area contributed by atoms with Gasteiger partial charge in [0.2, 0.25) is 0 Å². The molecule has 0 atom stereocenters. The monoisotopic (exact) mass is 1020 g/mol. The van der Waals surface area contributed by atoms with Crippen molar-refractivity contribution in [1.82, 2.24) is 123 Å². The quantitative estimate of drug-likeness (QED) is 0.0495. The minimum atomic E-state index is -2.67. The van der Waals surface area contributed by atoms with E-state index in [1.807, 2.05) is 0 Å². The number of rotatable bonds is 0. The second-order valence-electron chi connectivity index (χ2n) is 9.61. The highest BCUT2D eigenvalue weighted by Gasteiger charge is 1.98. The number of nitrogen functional groups attached to an aromatic ring is 8. The van der Waals surface area contributed by atoms with Crippen molar-refractivity contribution in [2.75, 3.05) is 45.9 Å². The van der Waals surface area contributed by atoms with E-state index in [-0.39, 0.29) is 0 Å². The van der Waals surface area contributed by atoms with Gasteiger partial charge < -0.3 is 86.1 Å². The molecule has 8 rings (SSSR count). The minimum Gasteiger partial charge on any atom is -0.398 e. The Labute approximate surface area is 400 Å². The van der Waals surface area contributed by atoms with Crippen molar-refractivity contribution in [3.63, 3.8) is 0 Å². The van der Waals surface area contributed by atoms with Gasteiger partial charge in [0.15, 0.2) is 0 Å². The Hall–Kier alpha value is -9.86. The van der Waals surface area contributed by atoms with E-state index in [0.29, 0.717) is 46.5 Å². The van der Waals surface area contributed by atoms with E-state index in [2.05, 4.69) is 123 Å². The molecule has 8 aromatic rings. The molecule has 0 unspecified atom stereocenters. The van der Waals surface area contributed by atoms with Crippen molar-refractivity contribution in [1.29, 1.82) is 0 Å². The minimum absolute atomic E-state index is 0.398. The van der Waals surface area contributed by atoms with Gasteiger partial charge in [0.1, 0.15) is 46.5 Å². The van der Waals surface area contributed by atoms with Gasteiger partial charge >= 0.3 is 29.6 Å². The lowest BCUT2D eigenvalue weighted by Crippen LogP contribution is -1.98. The van der Waals surface area contributed by atoms with Gasteiger partial charge in [0.25, 0.3) is 0 Å². The third-order valence-electron chi connectivity index (χ3n) is 4.19. The number of nitrogens with zero attached hydrogens (tertiary/aromatic N) is 24. The molecule has 24 N–H and O–H groups in total. The summed E-state index contributed by atoms with van der Waals surface area (Å²) in [5, 5.41) is 136. The number of halogens is 4. The van der Waals surface area contributed by atoms with Crippen LogP contribution in [0.25, 0.3) is 0 Å². The molecule has 0 saturated heterocycles. The zero-order chi connectivity index (χ0) is 55.2. The van der Waals surface area contributed by atoms with Gasteiger partial charge in [0, 0.05) is 48.5 Å². The lowest BCUT2D eigenvalue weighted by Gasteiger charge is -1.80. The van der Waals surface area contributed by atoms with Crippen LogP contribution < -0.4 is 45.9 Å². The van der Waals surface area contributed by atoms with Crippen LogP contribution in [0.4, 0.5) is 63.8 Å². The first kappa shape index (κ1) is 68.7. The van der Waals surface area contributed by atoms with E-state index < -0.39 is 29.6 Å². The molecule has 8 aromatic heterocycles. The van der Waals surface area contributed by atoms with Crippen LogP contribution in [0.3, 0.4) is 0 Å². The number of anilines is 8. The van der Waals surface area contributed by atoms with E-state index in [1.54, 1.807) is 48.5 Å². The normalized spacial score (nSPS) is 8.17. The van der Waals surface area contributed by atoms with Gasteiger partial charge in [-0.25, -0.2) is 0 Å². The SMILES string of the molecule is Nc1ccnnn1.Nc1ccnnn1.Nc1ccnnn1.Nc1ccnnn1.Nc1ccnnn1.Nc1ccnnn1.Nc1ccnnn1.Nc1ccnnn1.OB(O)F.OB(O)F.OB(O)F.OB(O)F. The molecule has 72 heavy (non-hydrogen) atoms. The van der Waals surface area contributed by atoms with Gasteiger partial charge in [-0.2, -0.15) is 0 Å². The molecule has 0 spiro atoms. The molecule has 48 heteroatoms. The lowest BCUT2D eigenvalue weighted by atomic mass is 10.3. The summed E-state index contributed by atoms with van der Waals surface area (Å²) in [5.41, 5.74) is 41.2. The highest BCUT2D eigenvalue weighted by molar-refractivity contribution is 6.32. The van der Waals surface area contributed by atoms with E-state index in [4.69, 9.17) is 86.1 Å². The van der Waals surface area contributed by atoms with Gasteiger partial charge in [-0.05, 0) is 41.7 Å². The first-order valence-electron chi connectivity index (χ1n) is 17.3. The molecule has 0 saturated carbocycles. The number of nitrogens with two attached hydrogens (primary N) is 8. The topological polar surface area (TPSA) is 679 Å². The van der Waals surface area contributed by atoms with Crippen LogP contribution in [-0.2, 0) is 0 Å². The Bertz CT molecular complexity index is 1790. The summed E-state index contributed by atoms with van der Waals surface area (Å²) in [6.07, 6.45) is 11.9. The summed E-state index contributed by atoms with van der Waals surface area (Å²) in [5.74, 6) is 3.19. The smallest absolute Gasteiger partial charge is 0.398 e. The second kappa shape index (κ2) is 50.6. The number of hydrogen-bond donors (Lipinski definition) is 16. The average molecular weight is 1020 g/mol. The molecule has 0 aliphatic rings. The molecule has 0 aliphatic carbocycles. The average Bonchev–Trinajstić information content (AvgIpc) is 3.32. The summed E-state index contributed by atoms with van der Waals surface area (Å²) in [4.78, 5) is 0. The predicted octanol–water partition coefficient (Wildman–Crippen LogP) is -8.67. The fraction of sp³-hybridized carbons (Fsp3) is 0. The zero-order valence-corrected chi connectivity index (χ0v) is 36.0. The molecule has 0 amide bonds. The largest absolute Gasteiger partial charge is 0.674 e. The van der Waals surface area contributed by atoms with Crippen molar-refractivity contribution >= 4 is 76.1 Å². The summed E-state index contributed by atoms with van der Waals surface area (Å²) in [7, 11) is -10.7. The third kappa shape index (κ3) is 71.8. The fourth-order valence-corrected chi connectivity index (χ4v) is 2.00. The Morgan fingerprint density at radius 2 is 0.319 bits per heavy atom. The molecule has 0 bridgehead atoms. The van der Waals surface area contributed by atoms with Crippen LogP contribution in [0.1, 0.15) is 0 Å². The molecule has 8 heterocycles. The van der Waals surface area contributed by atoms with Crippen molar-refractivity contribution in [2.24, 2.45) is 0 Å². The van der Waals surface area contributed by atoms with Crippen LogP contribution in [0.5, 0.6) is 0 Å². The van der Waals surface area contributed by atoms with Crippen molar-refractivity contribution in [3.05, 3.63) is 98.1 Å². The van der Waals surface area contributed by atoms with Gasteiger partial charge in [-0.3, -0.25) is 17.3 Å². The summed E-state index contributed by atoms with van der Waals surface area (Å²) in [6, 6.07) is 12.6. The standard InChI is InChI=1S/8C3H4N4.4BFH2O2/c8*4-3-1-2-5-7-6-3;4*2-1(3)4/h8*1-2H,(H2,4,5,6);4*3-4H. The first-order valence-corrected chi connectivity index (χ1v) is 17.3. The molecule has 0 aromatic carbocycles. The Balaban J connectivity index is -0.000000353. The maximum absolute atomic E-state index is 10.1. The third-order valence-corrected chi connectivity index (χ3v) is 4.19. The van der Waals surface area contributed by atoms with E-state index >= 15 is 0 Å². The summed E-state index contributed by atoms with van der Waals surface area (Å²) < 4.78 is 40.4. The first-order chi connectivity index (χ1) is 34.1. The van der Waals surface area contributed by atoms with E-state index in [9.17, 15) is 17.3 Å². The van der Waals surface area contributed by atoms with Crippen LogP contribution in [0.2, 0.25) is 0 Å². The molecule has 384 valence electrons. The number of aromatic nitrogens is 24. The second-order valence-corrected chi connectivity index (χ2v) is 9.61. The van der Waals surface area contributed by atoms with Crippen LogP contribution in [0.15, 0.2) is 98.1 Å². The van der Waals surface area contributed by atoms with Crippen LogP contribution >= 0.6 is 0 Å². The Morgan fingerprint density at radius 3 is 0.347 bits per heavy atom. The van der Waals surface area contributed by atoms with Crippen molar-refractivity contribution in [3.8, 4) is 0 Å². The van der Waals surface area contributed by atoms with Crippen molar-refractivity contribution in [2.45, 2.75) is 0 Å². The summed E-state index contributed by atoms with van der Waals surface area (Å²) >= 11 is 0. The maximum atomic E-state index is 10.1. The Morgan fingerprint density at radius 1 is 0.236 bits per heavy atom. The van der Waals surface area contributed by atoms with Crippen LogP contribution in [-0.4, -0.2) is 193 Å². The summed E-state index contributed by atoms with van der Waals surface area (Å²) in [6.45, 7) is 0. The van der Waals surface area contributed by atoms with E-state index in [1.165, 1.54) is 49.6 Å². The maximum Gasteiger partial charge on any atom is 0.674 e. The Kier molecular flexibility index (Phi) is 48.2. The molecular formula is C24H40B4F4N32O8. The van der Waals surface area contributed by atoms with Gasteiger partial charge in [-0.1, -0.05) is 0 Å². The molecule has 40 nitrogen and oxygen atoms in total. The highest BCUT2D eigenvalue weighted by Crippen LogP contribution is 1.87. The highest BCUT2D eigenvalue weighted by atomic mass is 19.1. The molecule has 0 radical (unpaired) electrons. The molecule has 0 aliphatic heterocycles. The fourth-order valence-electron chi connectivity index (χ4n) is 2.00. The number of hydrogen-bond acceptors (Lipinski definition) is 40. The van der Waals surface area contributed by atoms with Crippen molar-refractivity contribution < 1.29 is 57.5 Å². The lowest BCUT2D eigenvalue weighted by molar-refractivity contribution is 0.338. The van der Waals surface area contributed by atoms with Gasteiger partial charge in [0.05, 0.1) is 49.6 Å². The van der Waals surface area contributed by atoms with Crippen LogP contribution in [0, 0.1) is 0 Å². The zero-order valence-electron chi connectivity index (χ0n) is 36.0. The molecule has 0 fully saturated rings. The van der Waals surface area contributed by atoms with Gasteiger partial charge in [-0.15, -0.1) is 81.6 Å². The molecular weight excluding hydrogens is 984 g/mol.